The molecule has 1 fully saturated rings. The van der Waals surface area contributed by atoms with Crippen LogP contribution in [0.25, 0.3) is 0 Å². The first-order valence-corrected chi connectivity index (χ1v) is 7.83. The maximum Gasteiger partial charge on any atom is 0.124 e. The Morgan fingerprint density at radius 2 is 2.10 bits per heavy atom. The van der Waals surface area contributed by atoms with Gasteiger partial charge in [-0.1, -0.05) is 24.6 Å². The van der Waals surface area contributed by atoms with Crippen LogP contribution in [0.1, 0.15) is 43.4 Å². The molecule has 1 saturated heterocycles. The predicted molar refractivity (Wildman–Crippen MR) is 82.3 cm³/mol. The van der Waals surface area contributed by atoms with Crippen LogP contribution in [0.4, 0.5) is 0 Å². The highest BCUT2D eigenvalue weighted by molar-refractivity contribution is 5.41. The highest BCUT2D eigenvalue weighted by atomic mass is 16.5. The van der Waals surface area contributed by atoms with Crippen LogP contribution in [0.3, 0.4) is 0 Å². The zero-order valence-electron chi connectivity index (χ0n) is 12.9. The number of fused-ring (bicyclic) bond motifs is 1. The fourth-order valence-corrected chi connectivity index (χ4v) is 3.55. The molecular formula is C17H26N2O. The number of hydrogen-bond donors (Lipinski definition) is 1. The van der Waals surface area contributed by atoms with Crippen molar-refractivity contribution in [3.63, 3.8) is 0 Å². The lowest BCUT2D eigenvalue weighted by atomic mass is 9.80. The minimum atomic E-state index is 0.0433. The summed E-state index contributed by atoms with van der Waals surface area (Å²) in [6, 6.07) is 7.04. The summed E-state index contributed by atoms with van der Waals surface area (Å²) in [7, 11) is 2.20. The molecule has 3 rings (SSSR count). The molecule has 1 aromatic rings. The molecule has 0 aromatic heterocycles. The van der Waals surface area contributed by atoms with Gasteiger partial charge in [-0.2, -0.15) is 0 Å². The van der Waals surface area contributed by atoms with Crippen molar-refractivity contribution in [1.82, 2.24) is 10.2 Å². The van der Waals surface area contributed by atoms with Crippen LogP contribution in [0, 0.1) is 6.92 Å². The molecule has 0 aliphatic carbocycles. The molecule has 1 spiro atoms. The molecule has 0 radical (unpaired) electrons. The third-order valence-electron chi connectivity index (χ3n) is 4.79. The van der Waals surface area contributed by atoms with Crippen LogP contribution in [-0.4, -0.2) is 37.2 Å². The molecule has 1 unspecified atom stereocenters. The highest BCUT2D eigenvalue weighted by Gasteiger charge is 2.42. The molecule has 1 aromatic carbocycles. The second-order valence-electron chi connectivity index (χ2n) is 6.44. The van der Waals surface area contributed by atoms with Crippen molar-refractivity contribution >= 4 is 0 Å². The van der Waals surface area contributed by atoms with Crippen LogP contribution >= 0.6 is 0 Å². The summed E-state index contributed by atoms with van der Waals surface area (Å²) in [4.78, 5) is 2.40. The van der Waals surface area contributed by atoms with Crippen molar-refractivity contribution in [3.05, 3.63) is 29.3 Å². The van der Waals surface area contributed by atoms with Crippen LogP contribution in [0.2, 0.25) is 0 Å². The summed E-state index contributed by atoms with van der Waals surface area (Å²) in [5, 5.41) is 3.66. The minimum absolute atomic E-state index is 0.0433. The number of nitrogens with one attached hydrogen (secondary N) is 1. The average Bonchev–Trinajstić information content (AvgIpc) is 2.44. The molecule has 1 N–H and O–H groups in total. The second kappa shape index (κ2) is 5.38. The number of hydrogen-bond acceptors (Lipinski definition) is 3. The molecule has 110 valence electrons. The van der Waals surface area contributed by atoms with E-state index in [0.717, 1.165) is 44.6 Å². The summed E-state index contributed by atoms with van der Waals surface area (Å²) in [6.45, 7) is 7.63. The Morgan fingerprint density at radius 1 is 1.35 bits per heavy atom. The molecule has 0 amide bonds. The Labute approximate surface area is 122 Å². The predicted octanol–water partition coefficient (Wildman–Crippen LogP) is 2.89. The first-order valence-electron chi connectivity index (χ1n) is 7.83. The van der Waals surface area contributed by atoms with Gasteiger partial charge in [-0.25, -0.2) is 0 Å². The Hall–Kier alpha value is -1.06. The lowest BCUT2D eigenvalue weighted by molar-refractivity contribution is -0.0201. The second-order valence-corrected chi connectivity index (χ2v) is 6.44. The molecule has 3 heteroatoms. The number of rotatable bonds is 2. The van der Waals surface area contributed by atoms with Gasteiger partial charge in [0.05, 0.1) is 0 Å². The molecular weight excluding hydrogens is 248 g/mol. The van der Waals surface area contributed by atoms with Gasteiger partial charge in [0.25, 0.3) is 0 Å². The van der Waals surface area contributed by atoms with E-state index in [9.17, 15) is 0 Å². The van der Waals surface area contributed by atoms with E-state index in [1.165, 1.54) is 11.1 Å². The Kier molecular flexibility index (Phi) is 3.74. The van der Waals surface area contributed by atoms with Crippen LogP contribution < -0.4 is 10.1 Å². The van der Waals surface area contributed by atoms with Crippen molar-refractivity contribution in [2.45, 2.75) is 44.8 Å². The molecule has 20 heavy (non-hydrogen) atoms. The summed E-state index contributed by atoms with van der Waals surface area (Å²) in [5.41, 5.74) is 2.70. The average molecular weight is 274 g/mol. The van der Waals surface area contributed by atoms with Crippen LogP contribution in [-0.2, 0) is 0 Å². The fourth-order valence-electron chi connectivity index (χ4n) is 3.55. The SMILES string of the molecule is CCNC1CC2(CCN(C)CC2)Oc2ccc(C)cc21. The van der Waals surface area contributed by atoms with E-state index in [-0.39, 0.29) is 5.60 Å². The number of nitrogens with zero attached hydrogens (tertiary/aromatic N) is 1. The van der Waals surface area contributed by atoms with Crippen LogP contribution in [0.5, 0.6) is 5.75 Å². The summed E-state index contributed by atoms with van der Waals surface area (Å²) in [6.07, 6.45) is 3.38. The standard InChI is InChI=1S/C17H26N2O/c1-4-18-15-12-17(7-9-19(3)10-8-17)20-16-6-5-13(2)11-14(15)16/h5-6,11,15,18H,4,7-10,12H2,1-3H3. The quantitative estimate of drug-likeness (QED) is 0.897. The molecule has 2 heterocycles. The third kappa shape index (κ3) is 2.57. The largest absolute Gasteiger partial charge is 0.487 e. The van der Waals surface area contributed by atoms with E-state index >= 15 is 0 Å². The molecule has 0 saturated carbocycles. The summed E-state index contributed by atoms with van der Waals surface area (Å²) in [5.74, 6) is 1.09. The number of ether oxygens (including phenoxy) is 1. The third-order valence-corrected chi connectivity index (χ3v) is 4.79. The molecule has 2 aliphatic heterocycles. The van der Waals surface area contributed by atoms with Crippen molar-refractivity contribution in [1.29, 1.82) is 0 Å². The summed E-state index contributed by atoms with van der Waals surface area (Å²) >= 11 is 0. The van der Waals surface area contributed by atoms with Gasteiger partial charge >= 0.3 is 0 Å². The molecule has 3 nitrogen and oxygen atoms in total. The van der Waals surface area contributed by atoms with Crippen molar-refractivity contribution < 1.29 is 4.74 Å². The first-order chi connectivity index (χ1) is 9.62. The summed E-state index contributed by atoms with van der Waals surface area (Å²) < 4.78 is 6.47. The fraction of sp³-hybridized carbons (Fsp3) is 0.647. The van der Waals surface area contributed by atoms with E-state index < -0.39 is 0 Å². The van der Waals surface area contributed by atoms with E-state index in [4.69, 9.17) is 4.74 Å². The highest BCUT2D eigenvalue weighted by Crippen LogP contribution is 2.44. The van der Waals surface area contributed by atoms with E-state index in [0.29, 0.717) is 6.04 Å². The van der Waals surface area contributed by atoms with Gasteiger partial charge in [-0.05, 0) is 39.4 Å². The van der Waals surface area contributed by atoms with E-state index in [2.05, 4.69) is 49.3 Å². The van der Waals surface area contributed by atoms with Crippen molar-refractivity contribution in [3.8, 4) is 5.75 Å². The maximum absolute atomic E-state index is 6.47. The van der Waals surface area contributed by atoms with E-state index in [1.54, 1.807) is 0 Å². The molecule has 0 bridgehead atoms. The number of benzene rings is 1. The topological polar surface area (TPSA) is 24.5 Å². The molecule has 2 aliphatic rings. The minimum Gasteiger partial charge on any atom is -0.487 e. The van der Waals surface area contributed by atoms with Gasteiger partial charge in [-0.15, -0.1) is 0 Å². The monoisotopic (exact) mass is 274 g/mol. The van der Waals surface area contributed by atoms with E-state index in [1.807, 2.05) is 0 Å². The Balaban J connectivity index is 1.90. The van der Waals surface area contributed by atoms with Gasteiger partial charge in [0.2, 0.25) is 0 Å². The zero-order valence-corrected chi connectivity index (χ0v) is 12.9. The number of piperidine rings is 1. The van der Waals surface area contributed by atoms with Gasteiger partial charge in [0.15, 0.2) is 0 Å². The van der Waals surface area contributed by atoms with Crippen LogP contribution in [0.15, 0.2) is 18.2 Å². The zero-order chi connectivity index (χ0) is 14.2. The van der Waals surface area contributed by atoms with Gasteiger partial charge in [0, 0.05) is 31.1 Å². The maximum atomic E-state index is 6.47. The van der Waals surface area contributed by atoms with Gasteiger partial charge < -0.3 is 15.0 Å². The Bertz CT molecular complexity index is 478. The Morgan fingerprint density at radius 3 is 2.80 bits per heavy atom. The lowest BCUT2D eigenvalue weighted by Gasteiger charge is -2.46. The number of aryl methyl sites for hydroxylation is 1. The van der Waals surface area contributed by atoms with Gasteiger partial charge in [0.1, 0.15) is 11.4 Å². The normalized spacial score (nSPS) is 25.2. The van der Waals surface area contributed by atoms with Crippen molar-refractivity contribution in [2.24, 2.45) is 0 Å². The molecule has 1 atom stereocenters. The van der Waals surface area contributed by atoms with Crippen molar-refractivity contribution in [2.75, 3.05) is 26.7 Å². The first kappa shape index (κ1) is 13.9. The number of likely N-dealkylation sites (tertiary alicyclic amines) is 1. The lowest BCUT2D eigenvalue weighted by Crippen LogP contribution is -2.51. The smallest absolute Gasteiger partial charge is 0.124 e. The van der Waals surface area contributed by atoms with Gasteiger partial charge in [-0.3, -0.25) is 0 Å².